The number of hydrogen-bond acceptors (Lipinski definition) is 3. The SMILES string of the molecule is OCCCCCCOc1cccc2c1CCC2O. The van der Waals surface area contributed by atoms with Gasteiger partial charge in [0.2, 0.25) is 0 Å². The van der Waals surface area contributed by atoms with Gasteiger partial charge >= 0.3 is 0 Å². The molecule has 0 spiro atoms. The van der Waals surface area contributed by atoms with Crippen molar-refractivity contribution in [3.8, 4) is 5.75 Å². The second kappa shape index (κ2) is 6.76. The molecule has 0 radical (unpaired) electrons. The second-order valence-electron chi connectivity index (χ2n) is 4.86. The third-order valence-corrected chi connectivity index (χ3v) is 3.51. The van der Waals surface area contributed by atoms with Crippen molar-refractivity contribution in [2.75, 3.05) is 13.2 Å². The van der Waals surface area contributed by atoms with E-state index >= 15 is 0 Å². The van der Waals surface area contributed by atoms with E-state index in [9.17, 15) is 5.11 Å². The van der Waals surface area contributed by atoms with E-state index < -0.39 is 0 Å². The van der Waals surface area contributed by atoms with Gasteiger partial charge in [-0.1, -0.05) is 18.6 Å². The number of fused-ring (bicyclic) bond motifs is 1. The van der Waals surface area contributed by atoms with Crippen molar-refractivity contribution in [1.82, 2.24) is 0 Å². The van der Waals surface area contributed by atoms with Crippen LogP contribution in [-0.2, 0) is 6.42 Å². The molecule has 0 aromatic heterocycles. The van der Waals surface area contributed by atoms with E-state index in [0.29, 0.717) is 0 Å². The largest absolute Gasteiger partial charge is 0.493 e. The third-order valence-electron chi connectivity index (χ3n) is 3.51. The van der Waals surface area contributed by atoms with Gasteiger partial charge in [-0.05, 0) is 43.7 Å². The maximum Gasteiger partial charge on any atom is 0.122 e. The van der Waals surface area contributed by atoms with Gasteiger partial charge in [0, 0.05) is 12.2 Å². The number of benzene rings is 1. The van der Waals surface area contributed by atoms with Gasteiger partial charge in [0.15, 0.2) is 0 Å². The molecule has 0 amide bonds. The van der Waals surface area contributed by atoms with Crippen LogP contribution in [0.4, 0.5) is 0 Å². The summed E-state index contributed by atoms with van der Waals surface area (Å²) < 4.78 is 5.80. The molecule has 2 rings (SSSR count). The van der Waals surface area contributed by atoms with Crippen molar-refractivity contribution in [3.05, 3.63) is 29.3 Å². The first-order valence-electron chi connectivity index (χ1n) is 6.86. The molecule has 0 saturated carbocycles. The molecule has 1 aliphatic rings. The van der Waals surface area contributed by atoms with Gasteiger partial charge in [-0.2, -0.15) is 0 Å². The van der Waals surface area contributed by atoms with Crippen molar-refractivity contribution in [2.24, 2.45) is 0 Å². The summed E-state index contributed by atoms with van der Waals surface area (Å²) in [4.78, 5) is 0. The van der Waals surface area contributed by atoms with Crippen LogP contribution in [0, 0.1) is 0 Å². The summed E-state index contributed by atoms with van der Waals surface area (Å²) in [6, 6.07) is 5.93. The zero-order valence-electron chi connectivity index (χ0n) is 10.8. The quantitative estimate of drug-likeness (QED) is 0.731. The first kappa shape index (κ1) is 13.4. The fourth-order valence-electron chi connectivity index (χ4n) is 2.48. The van der Waals surface area contributed by atoms with Crippen LogP contribution in [-0.4, -0.2) is 23.4 Å². The Balaban J connectivity index is 1.80. The maximum atomic E-state index is 9.80. The number of aliphatic hydroxyl groups is 2. The number of unbranched alkanes of at least 4 members (excludes halogenated alkanes) is 3. The Kier molecular flexibility index (Phi) is 5.02. The highest BCUT2D eigenvalue weighted by atomic mass is 16.5. The van der Waals surface area contributed by atoms with Gasteiger partial charge in [0.05, 0.1) is 12.7 Å². The molecule has 3 heteroatoms. The van der Waals surface area contributed by atoms with Crippen LogP contribution in [0.3, 0.4) is 0 Å². The highest BCUT2D eigenvalue weighted by Gasteiger charge is 2.22. The molecule has 18 heavy (non-hydrogen) atoms. The molecule has 2 N–H and O–H groups in total. The minimum atomic E-state index is -0.312. The lowest BCUT2D eigenvalue weighted by Crippen LogP contribution is -2.00. The van der Waals surface area contributed by atoms with E-state index in [1.165, 1.54) is 5.56 Å². The average molecular weight is 250 g/mol. The normalized spacial score (nSPS) is 17.8. The molecule has 1 aromatic rings. The molecule has 0 saturated heterocycles. The van der Waals surface area contributed by atoms with Gasteiger partial charge < -0.3 is 14.9 Å². The zero-order valence-corrected chi connectivity index (χ0v) is 10.8. The lowest BCUT2D eigenvalue weighted by atomic mass is 10.1. The summed E-state index contributed by atoms with van der Waals surface area (Å²) in [5, 5.41) is 18.5. The minimum absolute atomic E-state index is 0.283. The molecule has 1 aliphatic carbocycles. The number of hydrogen-bond donors (Lipinski definition) is 2. The number of rotatable bonds is 7. The summed E-state index contributed by atoms with van der Waals surface area (Å²) in [6.07, 6.45) is 5.47. The van der Waals surface area contributed by atoms with Crippen LogP contribution < -0.4 is 4.74 Å². The molecule has 0 bridgehead atoms. The average Bonchev–Trinajstić information content (AvgIpc) is 2.77. The van der Waals surface area contributed by atoms with Gasteiger partial charge in [0.1, 0.15) is 5.75 Å². The fourth-order valence-corrected chi connectivity index (χ4v) is 2.48. The standard InChI is InChI=1S/C15H22O3/c16-10-3-1-2-4-11-18-15-7-5-6-12-13(15)8-9-14(12)17/h5-7,14,16-17H,1-4,8-11H2. The molecule has 0 heterocycles. The van der Waals surface area contributed by atoms with E-state index in [0.717, 1.165) is 56.4 Å². The first-order valence-corrected chi connectivity index (χ1v) is 6.86. The first-order chi connectivity index (χ1) is 8.83. The summed E-state index contributed by atoms with van der Waals surface area (Å²) in [6.45, 7) is 1.00. The van der Waals surface area contributed by atoms with E-state index in [2.05, 4.69) is 0 Å². The van der Waals surface area contributed by atoms with Gasteiger partial charge in [-0.3, -0.25) is 0 Å². The Bertz CT molecular complexity index is 376. The molecular weight excluding hydrogens is 228 g/mol. The molecule has 3 nitrogen and oxygen atoms in total. The van der Waals surface area contributed by atoms with Crippen LogP contribution in [0.1, 0.15) is 49.3 Å². The molecule has 100 valence electrons. The molecule has 0 aliphatic heterocycles. The summed E-state index contributed by atoms with van der Waals surface area (Å²) in [5.41, 5.74) is 2.22. The maximum absolute atomic E-state index is 9.80. The van der Waals surface area contributed by atoms with E-state index in [1.54, 1.807) is 0 Å². The Morgan fingerprint density at radius 1 is 1.17 bits per heavy atom. The Morgan fingerprint density at radius 3 is 2.83 bits per heavy atom. The predicted octanol–water partition coefficient (Wildman–Crippen LogP) is 2.60. The number of aliphatic hydroxyl groups excluding tert-OH is 2. The van der Waals surface area contributed by atoms with Crippen molar-refractivity contribution in [3.63, 3.8) is 0 Å². The monoisotopic (exact) mass is 250 g/mol. The summed E-state index contributed by atoms with van der Waals surface area (Å²) in [5.74, 6) is 0.936. The van der Waals surface area contributed by atoms with E-state index in [1.807, 2.05) is 18.2 Å². The summed E-state index contributed by atoms with van der Waals surface area (Å²) in [7, 11) is 0. The molecular formula is C15H22O3. The van der Waals surface area contributed by atoms with Crippen molar-refractivity contribution < 1.29 is 14.9 Å². The smallest absolute Gasteiger partial charge is 0.122 e. The zero-order chi connectivity index (χ0) is 12.8. The van der Waals surface area contributed by atoms with Crippen molar-refractivity contribution >= 4 is 0 Å². The summed E-state index contributed by atoms with van der Waals surface area (Å²) >= 11 is 0. The fraction of sp³-hybridized carbons (Fsp3) is 0.600. The van der Waals surface area contributed by atoms with Crippen LogP contribution in [0.2, 0.25) is 0 Å². The van der Waals surface area contributed by atoms with Crippen LogP contribution in [0.15, 0.2) is 18.2 Å². The van der Waals surface area contributed by atoms with Crippen molar-refractivity contribution in [1.29, 1.82) is 0 Å². The highest BCUT2D eigenvalue weighted by molar-refractivity contribution is 5.44. The van der Waals surface area contributed by atoms with E-state index in [4.69, 9.17) is 9.84 Å². The Morgan fingerprint density at radius 2 is 2.00 bits per heavy atom. The molecule has 1 aromatic carbocycles. The molecule has 0 fully saturated rings. The topological polar surface area (TPSA) is 49.7 Å². The van der Waals surface area contributed by atoms with Gasteiger partial charge in [0.25, 0.3) is 0 Å². The molecule has 1 unspecified atom stereocenters. The lowest BCUT2D eigenvalue weighted by Gasteiger charge is -2.11. The van der Waals surface area contributed by atoms with Crippen LogP contribution >= 0.6 is 0 Å². The molecule has 1 atom stereocenters. The number of ether oxygens (including phenoxy) is 1. The minimum Gasteiger partial charge on any atom is -0.493 e. The van der Waals surface area contributed by atoms with Crippen molar-refractivity contribution in [2.45, 2.75) is 44.6 Å². The Hall–Kier alpha value is -1.06. The lowest BCUT2D eigenvalue weighted by molar-refractivity contribution is 0.180. The second-order valence-corrected chi connectivity index (χ2v) is 4.86. The van der Waals surface area contributed by atoms with Crippen LogP contribution in [0.5, 0.6) is 5.75 Å². The van der Waals surface area contributed by atoms with E-state index in [-0.39, 0.29) is 12.7 Å². The Labute approximate surface area is 108 Å². The highest BCUT2D eigenvalue weighted by Crippen LogP contribution is 2.36. The van der Waals surface area contributed by atoms with Gasteiger partial charge in [-0.25, -0.2) is 0 Å². The van der Waals surface area contributed by atoms with Gasteiger partial charge in [-0.15, -0.1) is 0 Å². The predicted molar refractivity (Wildman–Crippen MR) is 70.8 cm³/mol. The van der Waals surface area contributed by atoms with Crippen LogP contribution in [0.25, 0.3) is 0 Å². The third kappa shape index (κ3) is 3.24.